The molecular weight excluding hydrogens is 853 g/mol. The van der Waals surface area contributed by atoms with E-state index in [1.54, 1.807) is 0 Å². The lowest BCUT2D eigenvalue weighted by Gasteiger charge is -2.18. The van der Waals surface area contributed by atoms with Crippen molar-refractivity contribution in [2.24, 2.45) is 0 Å². The van der Waals surface area contributed by atoms with Crippen LogP contribution in [0.3, 0.4) is 0 Å². The molecule has 0 rings (SSSR count). The van der Waals surface area contributed by atoms with E-state index >= 15 is 0 Å². The fraction of sp³-hybridized carbons (Fsp3) is 0.794. The molecule has 0 aromatic rings. The molecule has 0 saturated carbocycles. The molecule has 400 valence electrons. The third-order valence-electron chi connectivity index (χ3n) is 13.1. The van der Waals surface area contributed by atoms with E-state index in [-0.39, 0.29) is 31.1 Å². The number of esters is 3. The third kappa shape index (κ3) is 55.9. The van der Waals surface area contributed by atoms with Crippen LogP contribution in [0.1, 0.15) is 303 Å². The van der Waals surface area contributed by atoms with Crippen LogP contribution in [-0.4, -0.2) is 37.2 Å². The Morgan fingerprint density at radius 1 is 0.290 bits per heavy atom. The van der Waals surface area contributed by atoms with E-state index < -0.39 is 6.10 Å². The van der Waals surface area contributed by atoms with E-state index in [2.05, 4.69) is 57.2 Å². The second-order valence-electron chi connectivity index (χ2n) is 20.0. The second kappa shape index (κ2) is 57.7. The van der Waals surface area contributed by atoms with Gasteiger partial charge >= 0.3 is 17.9 Å². The standard InChI is InChI=1S/C63H112O6/c1-4-7-10-13-16-19-22-25-28-30-32-35-38-41-44-47-50-53-56-62(65)68-59-60(58-67-61(64)55-52-49-46-43-40-37-34-27-24-21-18-15-12-9-6-3)69-63(66)57-54-51-48-45-42-39-36-33-31-29-26-23-20-17-14-11-8-5-2/h10,13,16,19,22,25,28,30,32,35,60H,4-9,11-12,14-15,17-18,20-21,23-24,26-27,29,31,33-34,36-59H2,1-3H3/b13-10-,19-16-,25-22-,30-28-,35-32-. The zero-order valence-corrected chi connectivity index (χ0v) is 45.8. The molecule has 0 bridgehead atoms. The Morgan fingerprint density at radius 3 is 0.870 bits per heavy atom. The molecule has 6 heteroatoms. The van der Waals surface area contributed by atoms with Crippen molar-refractivity contribution in [2.75, 3.05) is 13.2 Å². The topological polar surface area (TPSA) is 78.9 Å². The van der Waals surface area contributed by atoms with Crippen molar-refractivity contribution in [3.05, 3.63) is 60.8 Å². The molecular formula is C63H112O6. The minimum atomic E-state index is -0.782. The lowest BCUT2D eigenvalue weighted by molar-refractivity contribution is -0.167. The molecule has 1 unspecified atom stereocenters. The maximum Gasteiger partial charge on any atom is 0.306 e. The van der Waals surface area contributed by atoms with Crippen molar-refractivity contribution in [3.8, 4) is 0 Å². The summed E-state index contributed by atoms with van der Waals surface area (Å²) < 4.78 is 16.9. The van der Waals surface area contributed by atoms with E-state index in [0.29, 0.717) is 19.3 Å². The van der Waals surface area contributed by atoms with Gasteiger partial charge in [0.25, 0.3) is 0 Å². The molecule has 0 spiro atoms. The first-order valence-electron chi connectivity index (χ1n) is 29.9. The first-order valence-corrected chi connectivity index (χ1v) is 29.9. The monoisotopic (exact) mass is 965 g/mol. The average molecular weight is 966 g/mol. The highest BCUT2D eigenvalue weighted by Crippen LogP contribution is 2.17. The number of allylic oxidation sites excluding steroid dienone is 10. The van der Waals surface area contributed by atoms with Crippen molar-refractivity contribution in [3.63, 3.8) is 0 Å². The van der Waals surface area contributed by atoms with Gasteiger partial charge in [-0.15, -0.1) is 0 Å². The molecule has 69 heavy (non-hydrogen) atoms. The van der Waals surface area contributed by atoms with E-state index in [1.165, 1.54) is 180 Å². The van der Waals surface area contributed by atoms with Gasteiger partial charge in [0.15, 0.2) is 6.10 Å². The number of rotatable bonds is 54. The van der Waals surface area contributed by atoms with Crippen LogP contribution in [0.15, 0.2) is 60.8 Å². The predicted octanol–water partition coefficient (Wildman–Crippen LogP) is 20.0. The Labute approximate surface area is 428 Å². The van der Waals surface area contributed by atoms with Crippen LogP contribution in [0.2, 0.25) is 0 Å². The van der Waals surface area contributed by atoms with Gasteiger partial charge in [0.2, 0.25) is 0 Å². The molecule has 6 nitrogen and oxygen atoms in total. The minimum Gasteiger partial charge on any atom is -0.462 e. The van der Waals surface area contributed by atoms with Gasteiger partial charge in [-0.1, -0.05) is 306 Å². The summed E-state index contributed by atoms with van der Waals surface area (Å²) in [5.41, 5.74) is 0. The number of carbonyl (C=O) groups is 3. The maximum atomic E-state index is 12.9. The van der Waals surface area contributed by atoms with Gasteiger partial charge < -0.3 is 14.2 Å². The molecule has 0 heterocycles. The van der Waals surface area contributed by atoms with Crippen molar-refractivity contribution in [2.45, 2.75) is 309 Å². The van der Waals surface area contributed by atoms with Crippen molar-refractivity contribution >= 4 is 17.9 Å². The van der Waals surface area contributed by atoms with Crippen LogP contribution in [-0.2, 0) is 28.6 Å². The first-order chi connectivity index (χ1) is 34.0. The quantitative estimate of drug-likeness (QED) is 0.0262. The number of unbranched alkanes of at least 4 members (excludes halogenated alkanes) is 37. The summed E-state index contributed by atoms with van der Waals surface area (Å²) in [7, 11) is 0. The Hall–Kier alpha value is -2.89. The normalized spacial score (nSPS) is 12.4. The highest BCUT2D eigenvalue weighted by Gasteiger charge is 2.19. The maximum absolute atomic E-state index is 12.9. The summed E-state index contributed by atoms with van der Waals surface area (Å²) in [6, 6.07) is 0. The second-order valence-corrected chi connectivity index (χ2v) is 20.0. The predicted molar refractivity (Wildman–Crippen MR) is 298 cm³/mol. The molecule has 0 aliphatic heterocycles. The van der Waals surface area contributed by atoms with Gasteiger partial charge in [-0.2, -0.15) is 0 Å². The average Bonchev–Trinajstić information content (AvgIpc) is 3.35. The Kier molecular flexibility index (Phi) is 55.3. The zero-order valence-electron chi connectivity index (χ0n) is 45.8. The fourth-order valence-electron chi connectivity index (χ4n) is 8.65. The lowest BCUT2D eigenvalue weighted by Crippen LogP contribution is -2.30. The van der Waals surface area contributed by atoms with Crippen LogP contribution in [0.4, 0.5) is 0 Å². The first kappa shape index (κ1) is 66.1. The molecule has 0 radical (unpaired) electrons. The van der Waals surface area contributed by atoms with Crippen molar-refractivity contribution in [1.29, 1.82) is 0 Å². The molecule has 0 aliphatic carbocycles. The fourth-order valence-corrected chi connectivity index (χ4v) is 8.65. The van der Waals surface area contributed by atoms with Crippen LogP contribution >= 0.6 is 0 Å². The van der Waals surface area contributed by atoms with Gasteiger partial charge in [0.05, 0.1) is 0 Å². The molecule has 0 aromatic heterocycles. The number of carbonyl (C=O) groups excluding carboxylic acids is 3. The SMILES string of the molecule is CCC\C=C/C=C\C=C/C=C\C=C/CCCCCCCC(=O)OCC(COC(=O)CCCCCCCCCCCCCCCCC)OC(=O)CCCCCCCCCCCCCCCCCCCC. The van der Waals surface area contributed by atoms with E-state index in [1.807, 2.05) is 24.3 Å². The van der Waals surface area contributed by atoms with E-state index in [4.69, 9.17) is 14.2 Å². The zero-order chi connectivity index (χ0) is 50.0. The third-order valence-corrected chi connectivity index (χ3v) is 13.1. The molecule has 0 fully saturated rings. The Balaban J connectivity index is 4.39. The highest BCUT2D eigenvalue weighted by molar-refractivity contribution is 5.71. The molecule has 0 N–H and O–H groups in total. The van der Waals surface area contributed by atoms with Crippen molar-refractivity contribution < 1.29 is 28.6 Å². The van der Waals surface area contributed by atoms with Gasteiger partial charge in [-0.3, -0.25) is 14.4 Å². The molecule has 0 amide bonds. The smallest absolute Gasteiger partial charge is 0.306 e. The minimum absolute atomic E-state index is 0.0784. The molecule has 0 aliphatic rings. The highest BCUT2D eigenvalue weighted by atomic mass is 16.6. The van der Waals surface area contributed by atoms with Crippen LogP contribution in [0.5, 0.6) is 0 Å². The summed E-state index contributed by atoms with van der Waals surface area (Å²) in [6.07, 6.45) is 72.0. The van der Waals surface area contributed by atoms with Gasteiger partial charge in [-0.25, -0.2) is 0 Å². The summed E-state index contributed by atoms with van der Waals surface area (Å²) in [6.45, 7) is 6.58. The Morgan fingerprint density at radius 2 is 0.551 bits per heavy atom. The number of hydrogen-bond donors (Lipinski definition) is 0. The largest absolute Gasteiger partial charge is 0.462 e. The van der Waals surface area contributed by atoms with Gasteiger partial charge in [-0.05, 0) is 38.5 Å². The van der Waals surface area contributed by atoms with Crippen molar-refractivity contribution in [1.82, 2.24) is 0 Å². The summed E-state index contributed by atoms with van der Waals surface area (Å²) in [5, 5.41) is 0. The van der Waals surface area contributed by atoms with Crippen LogP contribution in [0.25, 0.3) is 0 Å². The van der Waals surface area contributed by atoms with Crippen LogP contribution < -0.4 is 0 Å². The number of hydrogen-bond acceptors (Lipinski definition) is 6. The Bertz CT molecular complexity index is 1250. The molecule has 0 aromatic carbocycles. The van der Waals surface area contributed by atoms with E-state index in [0.717, 1.165) is 83.5 Å². The van der Waals surface area contributed by atoms with Crippen LogP contribution in [0, 0.1) is 0 Å². The summed E-state index contributed by atoms with van der Waals surface area (Å²) >= 11 is 0. The number of ether oxygens (including phenoxy) is 3. The van der Waals surface area contributed by atoms with E-state index in [9.17, 15) is 14.4 Å². The summed E-state index contributed by atoms with van der Waals surface area (Å²) in [5.74, 6) is -0.887. The van der Waals surface area contributed by atoms with Gasteiger partial charge in [0, 0.05) is 19.3 Å². The lowest BCUT2D eigenvalue weighted by atomic mass is 10.0. The molecule has 1 atom stereocenters. The summed E-state index contributed by atoms with van der Waals surface area (Å²) in [4.78, 5) is 38.2. The molecule has 0 saturated heterocycles. The van der Waals surface area contributed by atoms with Gasteiger partial charge in [0.1, 0.15) is 13.2 Å².